The lowest BCUT2D eigenvalue weighted by Crippen LogP contribution is -2.36. The van der Waals surface area contributed by atoms with Crippen molar-refractivity contribution >= 4 is 29.3 Å². The molecule has 2 aromatic rings. The third-order valence-electron chi connectivity index (χ3n) is 5.10. The number of ether oxygens (including phenoxy) is 1. The number of oxazole rings is 1. The Morgan fingerprint density at radius 2 is 2.00 bits per heavy atom. The fourth-order valence-electron chi connectivity index (χ4n) is 3.39. The number of aromatic nitrogens is 3. The molecule has 0 spiro atoms. The van der Waals surface area contributed by atoms with Gasteiger partial charge in [0.25, 0.3) is 11.9 Å². The Kier molecular flexibility index (Phi) is 4.58. The monoisotopic (exact) mass is 388 g/mol. The summed E-state index contributed by atoms with van der Waals surface area (Å²) in [7, 11) is 1.75. The molecule has 0 unspecified atom stereocenters. The van der Waals surface area contributed by atoms with E-state index in [1.165, 1.54) is 6.26 Å². The van der Waals surface area contributed by atoms with E-state index in [-0.39, 0.29) is 11.6 Å². The van der Waals surface area contributed by atoms with Crippen molar-refractivity contribution in [3.05, 3.63) is 18.2 Å². The molecule has 2 aromatic heterocycles. The van der Waals surface area contributed by atoms with Crippen LogP contribution >= 0.6 is 0 Å². The third-order valence-corrected chi connectivity index (χ3v) is 5.10. The van der Waals surface area contributed by atoms with Crippen molar-refractivity contribution in [2.45, 2.75) is 20.3 Å². The predicted octanol–water partition coefficient (Wildman–Crippen LogP) is 1.26. The maximum atomic E-state index is 12.7. The number of nitrogens with zero attached hydrogens (tertiary/aromatic N) is 5. The van der Waals surface area contributed by atoms with Crippen LogP contribution in [-0.4, -0.2) is 59.4 Å². The number of hydrogen-bond acceptors (Lipinski definition) is 7. The molecule has 2 amide bonds. The number of rotatable bonds is 4. The first-order valence-electron chi connectivity index (χ1n) is 9.30. The van der Waals surface area contributed by atoms with Crippen molar-refractivity contribution in [2.75, 3.05) is 48.0 Å². The Bertz CT molecular complexity index is 896. The summed E-state index contributed by atoms with van der Waals surface area (Å²) >= 11 is 0. The zero-order valence-corrected chi connectivity index (χ0v) is 16.3. The molecule has 2 aliphatic heterocycles. The summed E-state index contributed by atoms with van der Waals surface area (Å²) in [6, 6.07) is 0.399. The first-order valence-corrected chi connectivity index (χ1v) is 9.30. The Hall–Kier alpha value is -2.88. The van der Waals surface area contributed by atoms with Crippen LogP contribution in [0.25, 0.3) is 0 Å². The van der Waals surface area contributed by atoms with Crippen molar-refractivity contribution in [1.29, 1.82) is 0 Å². The molecule has 4 rings (SSSR count). The van der Waals surface area contributed by atoms with Crippen molar-refractivity contribution in [2.24, 2.45) is 12.5 Å². The van der Waals surface area contributed by atoms with E-state index in [1.807, 2.05) is 18.7 Å². The number of carbonyl (C=O) groups is 2. The molecule has 0 aliphatic carbocycles. The molecule has 2 fully saturated rings. The summed E-state index contributed by atoms with van der Waals surface area (Å²) in [6.07, 6.45) is 3.75. The molecular formula is C18H24N6O4. The maximum absolute atomic E-state index is 12.7. The molecule has 2 saturated heterocycles. The van der Waals surface area contributed by atoms with Gasteiger partial charge in [0.1, 0.15) is 12.0 Å². The SMILES string of the molecule is Cn1cc(NC(=O)c2coc(N3CCOCC3)n2)c(N2CCC(C)(C)C2=O)n1. The Balaban J connectivity index is 1.51. The lowest BCUT2D eigenvalue weighted by Gasteiger charge is -2.24. The van der Waals surface area contributed by atoms with Gasteiger partial charge in [0.2, 0.25) is 5.91 Å². The van der Waals surface area contributed by atoms with Crippen molar-refractivity contribution in [1.82, 2.24) is 14.8 Å². The Morgan fingerprint density at radius 3 is 2.68 bits per heavy atom. The summed E-state index contributed by atoms with van der Waals surface area (Å²) in [5.74, 6) is 0.0319. The fourth-order valence-corrected chi connectivity index (χ4v) is 3.39. The van der Waals surface area contributed by atoms with Crippen LogP contribution in [0, 0.1) is 5.41 Å². The van der Waals surface area contributed by atoms with Crippen LogP contribution < -0.4 is 15.1 Å². The average molecular weight is 388 g/mol. The molecule has 0 bridgehead atoms. The van der Waals surface area contributed by atoms with Gasteiger partial charge in [-0.1, -0.05) is 13.8 Å². The van der Waals surface area contributed by atoms with Crippen LogP contribution in [0.2, 0.25) is 0 Å². The minimum Gasteiger partial charge on any atom is -0.431 e. The molecule has 10 heteroatoms. The van der Waals surface area contributed by atoms with Gasteiger partial charge in [-0.05, 0) is 6.42 Å². The standard InChI is InChI=1S/C18H24N6O4/c1-18(2)4-5-24(16(18)26)14-12(10-22(3)21-14)19-15(25)13-11-28-17(20-13)23-6-8-27-9-7-23/h10-11H,4-9H2,1-3H3,(H,19,25). The molecule has 0 saturated carbocycles. The van der Waals surface area contributed by atoms with E-state index in [0.717, 1.165) is 6.42 Å². The Labute approximate surface area is 162 Å². The lowest BCUT2D eigenvalue weighted by molar-refractivity contribution is -0.124. The molecule has 4 heterocycles. The van der Waals surface area contributed by atoms with Gasteiger partial charge in [0, 0.05) is 32.1 Å². The molecule has 10 nitrogen and oxygen atoms in total. The van der Waals surface area contributed by atoms with Gasteiger partial charge in [-0.15, -0.1) is 0 Å². The van der Waals surface area contributed by atoms with Crippen LogP contribution in [-0.2, 0) is 16.6 Å². The summed E-state index contributed by atoms with van der Waals surface area (Å²) < 4.78 is 12.3. The van der Waals surface area contributed by atoms with Gasteiger partial charge < -0.3 is 19.4 Å². The second kappa shape index (κ2) is 6.93. The fraction of sp³-hybridized carbons (Fsp3) is 0.556. The van der Waals surface area contributed by atoms with Gasteiger partial charge in [-0.25, -0.2) is 0 Å². The van der Waals surface area contributed by atoms with Crippen LogP contribution in [0.3, 0.4) is 0 Å². The number of carbonyl (C=O) groups excluding carboxylic acids is 2. The van der Waals surface area contributed by atoms with Gasteiger partial charge in [-0.3, -0.25) is 19.2 Å². The smallest absolute Gasteiger partial charge is 0.298 e. The van der Waals surface area contributed by atoms with Crippen LogP contribution in [0.4, 0.5) is 17.5 Å². The molecule has 0 atom stereocenters. The number of hydrogen-bond donors (Lipinski definition) is 1. The second-order valence-corrected chi connectivity index (χ2v) is 7.70. The summed E-state index contributed by atoms with van der Waals surface area (Å²) in [5, 5.41) is 7.18. The highest BCUT2D eigenvalue weighted by atomic mass is 16.5. The predicted molar refractivity (Wildman–Crippen MR) is 101 cm³/mol. The number of nitrogens with one attached hydrogen (secondary N) is 1. The third kappa shape index (κ3) is 3.35. The van der Waals surface area contributed by atoms with E-state index in [2.05, 4.69) is 15.4 Å². The molecule has 1 N–H and O–H groups in total. The quantitative estimate of drug-likeness (QED) is 0.840. The van der Waals surface area contributed by atoms with E-state index in [4.69, 9.17) is 9.15 Å². The van der Waals surface area contributed by atoms with Crippen LogP contribution in [0.1, 0.15) is 30.8 Å². The summed E-state index contributed by atoms with van der Waals surface area (Å²) in [6.45, 7) is 6.93. The van der Waals surface area contributed by atoms with Crippen molar-refractivity contribution < 1.29 is 18.7 Å². The normalized spacial score (nSPS) is 19.3. The second-order valence-electron chi connectivity index (χ2n) is 7.70. The molecule has 2 aliphatic rings. The Morgan fingerprint density at radius 1 is 1.25 bits per heavy atom. The molecule has 28 heavy (non-hydrogen) atoms. The first-order chi connectivity index (χ1) is 13.3. The molecule has 150 valence electrons. The van der Waals surface area contributed by atoms with E-state index in [1.54, 1.807) is 22.8 Å². The topological polar surface area (TPSA) is 106 Å². The molecular weight excluding hydrogens is 364 g/mol. The van der Waals surface area contributed by atoms with Gasteiger partial charge >= 0.3 is 0 Å². The minimum absolute atomic E-state index is 0.00209. The highest BCUT2D eigenvalue weighted by Gasteiger charge is 2.41. The zero-order valence-electron chi connectivity index (χ0n) is 16.3. The highest BCUT2D eigenvalue weighted by molar-refractivity contribution is 6.07. The number of anilines is 3. The molecule has 0 aromatic carbocycles. The van der Waals surface area contributed by atoms with E-state index in [9.17, 15) is 9.59 Å². The van der Waals surface area contributed by atoms with Crippen molar-refractivity contribution in [3.8, 4) is 0 Å². The van der Waals surface area contributed by atoms with Crippen LogP contribution in [0.5, 0.6) is 0 Å². The van der Waals surface area contributed by atoms with Gasteiger partial charge in [-0.2, -0.15) is 10.1 Å². The first kappa shape index (κ1) is 18.5. The number of aryl methyl sites for hydroxylation is 1. The van der Waals surface area contributed by atoms with E-state index in [0.29, 0.717) is 50.4 Å². The van der Waals surface area contributed by atoms with E-state index < -0.39 is 11.3 Å². The van der Waals surface area contributed by atoms with Crippen LogP contribution in [0.15, 0.2) is 16.9 Å². The summed E-state index contributed by atoms with van der Waals surface area (Å²) in [4.78, 5) is 33.2. The van der Waals surface area contributed by atoms with Crippen molar-refractivity contribution in [3.63, 3.8) is 0 Å². The molecule has 0 radical (unpaired) electrons. The largest absolute Gasteiger partial charge is 0.431 e. The van der Waals surface area contributed by atoms with Gasteiger partial charge in [0.05, 0.1) is 19.4 Å². The minimum atomic E-state index is -0.433. The highest BCUT2D eigenvalue weighted by Crippen LogP contribution is 2.36. The number of morpholine rings is 1. The van der Waals surface area contributed by atoms with E-state index >= 15 is 0 Å². The van der Waals surface area contributed by atoms with Gasteiger partial charge in [0.15, 0.2) is 11.5 Å². The zero-order chi connectivity index (χ0) is 19.9. The lowest BCUT2D eigenvalue weighted by atomic mass is 9.92. The maximum Gasteiger partial charge on any atom is 0.298 e. The summed E-state index contributed by atoms with van der Waals surface area (Å²) in [5.41, 5.74) is 0.205. The average Bonchev–Trinajstić information content (AvgIpc) is 3.35. The number of amides is 2.